The van der Waals surface area contributed by atoms with E-state index < -0.39 is 0 Å². The van der Waals surface area contributed by atoms with Gasteiger partial charge in [0, 0.05) is 18.2 Å². The summed E-state index contributed by atoms with van der Waals surface area (Å²) in [6.45, 7) is 4.43. The second-order valence-corrected chi connectivity index (χ2v) is 8.26. The van der Waals surface area contributed by atoms with Crippen molar-refractivity contribution in [3.63, 3.8) is 0 Å². The predicted molar refractivity (Wildman–Crippen MR) is 122 cm³/mol. The Bertz CT molecular complexity index is 1170. The number of hydrogen-bond donors (Lipinski definition) is 1. The van der Waals surface area contributed by atoms with Crippen LogP contribution < -0.4 is 0 Å². The third-order valence-corrected chi connectivity index (χ3v) is 6.32. The number of imidazole rings is 1. The average Bonchev–Trinajstić information content (AvgIpc) is 3.56. The third kappa shape index (κ3) is 3.67. The van der Waals surface area contributed by atoms with Gasteiger partial charge in [0.2, 0.25) is 5.82 Å². The molecule has 2 heterocycles. The second kappa shape index (κ2) is 8.46. The van der Waals surface area contributed by atoms with E-state index in [0.29, 0.717) is 11.9 Å². The van der Waals surface area contributed by atoms with E-state index in [1.165, 1.54) is 41.1 Å². The highest BCUT2D eigenvalue weighted by atomic mass is 15.5. The third-order valence-electron chi connectivity index (χ3n) is 6.32. The van der Waals surface area contributed by atoms with Gasteiger partial charge in [-0.1, -0.05) is 62.7 Å². The van der Waals surface area contributed by atoms with Gasteiger partial charge in [0.15, 0.2) is 0 Å². The van der Waals surface area contributed by atoms with Crippen molar-refractivity contribution in [3.05, 3.63) is 71.3 Å². The standard InChI is InChI=1S/C25H28N6/c1-3-5-10-24-26-19(4-2)16-31(24)23-14-12-18-15-17(11-13-21(18)23)20-8-6-7-9-22(20)25-27-29-30-28-25/h6-9,11,13,15-16,23H,3-5,10,12,14H2,1-2H3,(H,27,28,29,30). The molecule has 0 saturated carbocycles. The summed E-state index contributed by atoms with van der Waals surface area (Å²) in [5, 5.41) is 14.7. The molecule has 1 N–H and O–H groups in total. The van der Waals surface area contributed by atoms with E-state index in [1.807, 2.05) is 12.1 Å². The Balaban J connectivity index is 1.51. The molecule has 0 radical (unpaired) electrons. The molecule has 1 unspecified atom stereocenters. The van der Waals surface area contributed by atoms with Gasteiger partial charge >= 0.3 is 0 Å². The molecule has 5 rings (SSSR count). The lowest BCUT2D eigenvalue weighted by Gasteiger charge is -2.17. The van der Waals surface area contributed by atoms with Gasteiger partial charge in [-0.2, -0.15) is 5.21 Å². The number of aromatic amines is 1. The summed E-state index contributed by atoms with van der Waals surface area (Å²) in [4.78, 5) is 4.93. The number of nitrogens with zero attached hydrogens (tertiary/aromatic N) is 5. The van der Waals surface area contributed by atoms with Crippen LogP contribution in [0.25, 0.3) is 22.5 Å². The fourth-order valence-corrected chi connectivity index (χ4v) is 4.70. The molecule has 0 amide bonds. The van der Waals surface area contributed by atoms with Crippen molar-refractivity contribution >= 4 is 0 Å². The van der Waals surface area contributed by atoms with Gasteiger partial charge in [0.25, 0.3) is 0 Å². The molecule has 0 saturated heterocycles. The van der Waals surface area contributed by atoms with Crippen LogP contribution in [0.15, 0.2) is 48.7 Å². The predicted octanol–water partition coefficient (Wildman–Crippen LogP) is 5.17. The zero-order valence-electron chi connectivity index (χ0n) is 18.2. The SMILES string of the molecule is CCCCc1nc(CC)cn1C1CCc2cc(-c3ccccc3-c3nn[nH]n3)ccc21. The van der Waals surface area contributed by atoms with Crippen LogP contribution in [0.5, 0.6) is 0 Å². The highest BCUT2D eigenvalue weighted by Gasteiger charge is 2.26. The Labute approximate surface area is 182 Å². The summed E-state index contributed by atoms with van der Waals surface area (Å²) in [5.74, 6) is 1.86. The van der Waals surface area contributed by atoms with Gasteiger partial charge in [0.05, 0.1) is 11.7 Å². The number of tetrazole rings is 1. The number of nitrogens with one attached hydrogen (secondary N) is 1. The molecule has 0 bridgehead atoms. The molecule has 0 spiro atoms. The van der Waals surface area contributed by atoms with Gasteiger partial charge in [-0.15, -0.1) is 10.2 Å². The Kier molecular flexibility index (Phi) is 5.37. The Morgan fingerprint density at radius 3 is 2.74 bits per heavy atom. The minimum Gasteiger partial charge on any atom is -0.327 e. The van der Waals surface area contributed by atoms with Gasteiger partial charge in [0.1, 0.15) is 5.82 Å². The largest absolute Gasteiger partial charge is 0.327 e. The van der Waals surface area contributed by atoms with Gasteiger partial charge in [-0.25, -0.2) is 4.98 Å². The molecule has 6 nitrogen and oxygen atoms in total. The lowest BCUT2D eigenvalue weighted by atomic mass is 9.96. The maximum absolute atomic E-state index is 4.93. The lowest BCUT2D eigenvalue weighted by Crippen LogP contribution is -2.10. The second-order valence-electron chi connectivity index (χ2n) is 8.26. The first-order chi connectivity index (χ1) is 15.3. The highest BCUT2D eigenvalue weighted by molar-refractivity contribution is 5.80. The number of benzene rings is 2. The Morgan fingerprint density at radius 1 is 1.10 bits per heavy atom. The minimum absolute atomic E-state index is 0.385. The quantitative estimate of drug-likeness (QED) is 0.454. The molecule has 1 aliphatic carbocycles. The van der Waals surface area contributed by atoms with Gasteiger partial charge < -0.3 is 4.57 Å². The number of unbranched alkanes of at least 4 members (excludes halogenated alkanes) is 1. The normalized spacial score (nSPS) is 15.4. The van der Waals surface area contributed by atoms with Crippen LogP contribution in [0.2, 0.25) is 0 Å². The highest BCUT2D eigenvalue weighted by Crippen LogP contribution is 2.39. The van der Waals surface area contributed by atoms with Crippen molar-refractivity contribution in [1.29, 1.82) is 0 Å². The maximum atomic E-state index is 4.93. The first-order valence-electron chi connectivity index (χ1n) is 11.3. The summed E-state index contributed by atoms with van der Waals surface area (Å²) >= 11 is 0. The number of aromatic nitrogens is 6. The molecule has 0 fully saturated rings. The van der Waals surface area contributed by atoms with Crippen LogP contribution in [0, 0.1) is 0 Å². The van der Waals surface area contributed by atoms with Crippen LogP contribution >= 0.6 is 0 Å². The average molecular weight is 413 g/mol. The summed E-state index contributed by atoms with van der Waals surface area (Å²) in [5.41, 5.74) is 7.39. The zero-order valence-corrected chi connectivity index (χ0v) is 18.2. The van der Waals surface area contributed by atoms with Crippen molar-refractivity contribution in [3.8, 4) is 22.5 Å². The van der Waals surface area contributed by atoms with Crippen LogP contribution in [0.4, 0.5) is 0 Å². The summed E-state index contributed by atoms with van der Waals surface area (Å²) in [6.07, 6.45) is 8.92. The maximum Gasteiger partial charge on any atom is 0.205 e. The van der Waals surface area contributed by atoms with E-state index in [4.69, 9.17) is 4.98 Å². The molecular formula is C25H28N6. The number of hydrogen-bond acceptors (Lipinski definition) is 4. The van der Waals surface area contributed by atoms with Crippen molar-refractivity contribution < 1.29 is 0 Å². The van der Waals surface area contributed by atoms with E-state index in [9.17, 15) is 0 Å². The van der Waals surface area contributed by atoms with Crippen molar-refractivity contribution in [1.82, 2.24) is 30.2 Å². The molecule has 31 heavy (non-hydrogen) atoms. The van der Waals surface area contributed by atoms with Crippen molar-refractivity contribution in [2.75, 3.05) is 0 Å². The molecule has 1 aliphatic rings. The van der Waals surface area contributed by atoms with Crippen molar-refractivity contribution in [2.24, 2.45) is 0 Å². The van der Waals surface area contributed by atoms with Crippen LogP contribution in [-0.4, -0.2) is 30.2 Å². The minimum atomic E-state index is 0.385. The molecule has 2 aromatic carbocycles. The topological polar surface area (TPSA) is 72.3 Å². The van der Waals surface area contributed by atoms with Gasteiger partial charge in [-0.05, 0) is 53.2 Å². The zero-order chi connectivity index (χ0) is 21.2. The molecule has 0 aliphatic heterocycles. The Hall–Kier alpha value is -3.28. The fourth-order valence-electron chi connectivity index (χ4n) is 4.70. The fraction of sp³-hybridized carbons (Fsp3) is 0.360. The van der Waals surface area contributed by atoms with Gasteiger partial charge in [-0.3, -0.25) is 0 Å². The molecule has 2 aromatic heterocycles. The Morgan fingerprint density at radius 2 is 1.97 bits per heavy atom. The first kappa shape index (κ1) is 19.7. The summed E-state index contributed by atoms with van der Waals surface area (Å²) < 4.78 is 2.45. The number of rotatable bonds is 7. The number of fused-ring (bicyclic) bond motifs is 1. The van der Waals surface area contributed by atoms with Crippen LogP contribution in [-0.2, 0) is 19.3 Å². The number of H-pyrrole nitrogens is 1. The van der Waals surface area contributed by atoms with Crippen LogP contribution in [0.3, 0.4) is 0 Å². The van der Waals surface area contributed by atoms with E-state index in [0.717, 1.165) is 36.8 Å². The van der Waals surface area contributed by atoms with E-state index in [1.54, 1.807) is 0 Å². The summed E-state index contributed by atoms with van der Waals surface area (Å²) in [6, 6.07) is 15.5. The van der Waals surface area contributed by atoms with E-state index in [-0.39, 0.29) is 0 Å². The smallest absolute Gasteiger partial charge is 0.205 e. The molecular weight excluding hydrogens is 384 g/mol. The molecule has 6 heteroatoms. The molecule has 1 atom stereocenters. The van der Waals surface area contributed by atoms with E-state index >= 15 is 0 Å². The number of aryl methyl sites for hydroxylation is 3. The summed E-state index contributed by atoms with van der Waals surface area (Å²) in [7, 11) is 0. The molecule has 4 aromatic rings. The van der Waals surface area contributed by atoms with Crippen molar-refractivity contribution in [2.45, 2.75) is 58.4 Å². The van der Waals surface area contributed by atoms with Crippen LogP contribution in [0.1, 0.15) is 61.8 Å². The first-order valence-corrected chi connectivity index (χ1v) is 11.3. The van der Waals surface area contributed by atoms with E-state index in [2.05, 4.69) is 75.6 Å². The monoisotopic (exact) mass is 412 g/mol. The molecule has 158 valence electrons. The lowest BCUT2D eigenvalue weighted by molar-refractivity contribution is 0.545.